The quantitative estimate of drug-likeness (QED) is 0.736. The third kappa shape index (κ3) is 3.59. The van der Waals surface area contributed by atoms with Gasteiger partial charge < -0.3 is 15.0 Å². The lowest BCUT2D eigenvalue weighted by molar-refractivity contribution is 0.372. The zero-order chi connectivity index (χ0) is 17.3. The summed E-state index contributed by atoms with van der Waals surface area (Å²) in [4.78, 5) is 4.50. The fourth-order valence-corrected chi connectivity index (χ4v) is 3.25. The van der Waals surface area contributed by atoms with Crippen molar-refractivity contribution in [2.45, 2.75) is 37.8 Å². The van der Waals surface area contributed by atoms with Gasteiger partial charge in [0.15, 0.2) is 5.82 Å². The summed E-state index contributed by atoms with van der Waals surface area (Å²) in [6.45, 7) is 0.659. The van der Waals surface area contributed by atoms with Gasteiger partial charge in [-0.1, -0.05) is 30.1 Å². The van der Waals surface area contributed by atoms with Crippen LogP contribution in [-0.4, -0.2) is 27.0 Å². The van der Waals surface area contributed by atoms with Crippen LogP contribution >= 0.6 is 12.4 Å². The Bertz CT molecular complexity index is 853. The predicted molar refractivity (Wildman–Crippen MR) is 99.2 cm³/mol. The maximum absolute atomic E-state index is 6.39. The standard InChI is InChI=1S/C18H21N5O2.ClH/c1-24-15-6-4-13(5-7-15)11-23-12-14(10-20-23)16-21-17(22-25-16)18(19)8-2-3-9-18;/h4-7,10,12H,2-3,8-9,11,19H2,1H3;1H. The first-order valence-electron chi connectivity index (χ1n) is 8.45. The van der Waals surface area contributed by atoms with Crippen molar-refractivity contribution in [1.82, 2.24) is 19.9 Å². The highest BCUT2D eigenvalue weighted by molar-refractivity contribution is 5.85. The fraction of sp³-hybridized carbons (Fsp3) is 0.389. The zero-order valence-corrected chi connectivity index (χ0v) is 15.4. The Morgan fingerprint density at radius 2 is 1.96 bits per heavy atom. The predicted octanol–water partition coefficient (Wildman–Crippen LogP) is 3.14. The second-order valence-electron chi connectivity index (χ2n) is 6.56. The average Bonchev–Trinajstić information content (AvgIpc) is 3.36. The van der Waals surface area contributed by atoms with E-state index in [9.17, 15) is 0 Å². The largest absolute Gasteiger partial charge is 0.497 e. The molecule has 0 unspecified atom stereocenters. The van der Waals surface area contributed by atoms with Crippen molar-refractivity contribution in [1.29, 1.82) is 0 Å². The van der Waals surface area contributed by atoms with E-state index in [1.807, 2.05) is 35.1 Å². The summed E-state index contributed by atoms with van der Waals surface area (Å²) in [6, 6.07) is 7.91. The number of nitrogens with zero attached hydrogens (tertiary/aromatic N) is 4. The topological polar surface area (TPSA) is 92.0 Å². The number of ether oxygens (including phenoxy) is 1. The van der Waals surface area contributed by atoms with Crippen molar-refractivity contribution in [3.63, 3.8) is 0 Å². The van der Waals surface area contributed by atoms with Crippen LogP contribution in [0.15, 0.2) is 41.2 Å². The second kappa shape index (κ2) is 7.47. The Balaban J connectivity index is 0.00000196. The summed E-state index contributed by atoms with van der Waals surface area (Å²) >= 11 is 0. The van der Waals surface area contributed by atoms with Gasteiger partial charge in [-0.15, -0.1) is 12.4 Å². The number of aromatic nitrogens is 4. The smallest absolute Gasteiger partial charge is 0.261 e. The lowest BCUT2D eigenvalue weighted by atomic mass is 9.99. The Hall–Kier alpha value is -2.38. The normalized spacial score (nSPS) is 15.6. The molecule has 2 heterocycles. The minimum absolute atomic E-state index is 0. The van der Waals surface area contributed by atoms with Crippen LogP contribution in [0.1, 0.15) is 37.1 Å². The fourth-order valence-electron chi connectivity index (χ4n) is 3.25. The van der Waals surface area contributed by atoms with Gasteiger partial charge in [0, 0.05) is 6.20 Å². The maximum atomic E-state index is 6.39. The van der Waals surface area contributed by atoms with E-state index < -0.39 is 5.54 Å². The molecule has 0 radical (unpaired) electrons. The highest BCUT2D eigenvalue weighted by Crippen LogP contribution is 2.35. The monoisotopic (exact) mass is 375 g/mol. The van der Waals surface area contributed by atoms with E-state index in [1.165, 1.54) is 0 Å². The first-order chi connectivity index (χ1) is 12.2. The molecule has 26 heavy (non-hydrogen) atoms. The number of hydrogen-bond acceptors (Lipinski definition) is 6. The lowest BCUT2D eigenvalue weighted by Gasteiger charge is -2.17. The number of nitrogens with two attached hydrogens (primary N) is 1. The third-order valence-corrected chi connectivity index (χ3v) is 4.75. The molecular weight excluding hydrogens is 354 g/mol. The highest BCUT2D eigenvalue weighted by atomic mass is 35.5. The SMILES string of the molecule is COc1ccc(Cn2cc(-c3nc(C4(N)CCCC4)no3)cn2)cc1.Cl. The molecule has 0 bridgehead atoms. The van der Waals surface area contributed by atoms with Gasteiger partial charge in [0.2, 0.25) is 0 Å². The van der Waals surface area contributed by atoms with E-state index in [0.29, 0.717) is 18.3 Å². The van der Waals surface area contributed by atoms with Crippen LogP contribution in [0, 0.1) is 0 Å². The van der Waals surface area contributed by atoms with Crippen LogP contribution < -0.4 is 10.5 Å². The van der Waals surface area contributed by atoms with Gasteiger partial charge in [0.05, 0.1) is 31.0 Å². The van der Waals surface area contributed by atoms with Gasteiger partial charge >= 0.3 is 0 Å². The second-order valence-corrected chi connectivity index (χ2v) is 6.56. The Morgan fingerprint density at radius 3 is 2.65 bits per heavy atom. The Labute approximate surface area is 157 Å². The van der Waals surface area contributed by atoms with Gasteiger partial charge in [-0.25, -0.2) is 0 Å². The summed E-state index contributed by atoms with van der Waals surface area (Å²) in [5.41, 5.74) is 7.88. The molecule has 138 valence electrons. The summed E-state index contributed by atoms with van der Waals surface area (Å²) in [6.07, 6.45) is 7.67. The molecule has 0 spiro atoms. The molecule has 8 heteroatoms. The van der Waals surface area contributed by atoms with E-state index in [2.05, 4.69) is 15.2 Å². The molecule has 1 saturated carbocycles. The lowest BCUT2D eigenvalue weighted by Crippen LogP contribution is -2.34. The Kier molecular flexibility index (Phi) is 5.29. The molecule has 0 saturated heterocycles. The van der Waals surface area contributed by atoms with Gasteiger partial charge in [-0.2, -0.15) is 10.1 Å². The number of rotatable bonds is 5. The van der Waals surface area contributed by atoms with Crippen LogP contribution in [0.25, 0.3) is 11.5 Å². The molecule has 0 aliphatic heterocycles. The summed E-state index contributed by atoms with van der Waals surface area (Å²) < 4.78 is 12.4. The third-order valence-electron chi connectivity index (χ3n) is 4.75. The highest BCUT2D eigenvalue weighted by Gasteiger charge is 2.36. The van der Waals surface area contributed by atoms with E-state index in [4.69, 9.17) is 15.0 Å². The number of methoxy groups -OCH3 is 1. The van der Waals surface area contributed by atoms with Crippen molar-refractivity contribution >= 4 is 12.4 Å². The van der Waals surface area contributed by atoms with Crippen LogP contribution in [-0.2, 0) is 12.1 Å². The van der Waals surface area contributed by atoms with Gasteiger partial charge in [-0.3, -0.25) is 4.68 Å². The molecule has 0 atom stereocenters. The summed E-state index contributed by atoms with van der Waals surface area (Å²) in [5, 5.41) is 8.48. The molecular formula is C18H22ClN5O2. The van der Waals surface area contributed by atoms with E-state index in [0.717, 1.165) is 42.6 Å². The molecule has 1 fully saturated rings. The van der Waals surface area contributed by atoms with Crippen molar-refractivity contribution < 1.29 is 9.26 Å². The van der Waals surface area contributed by atoms with E-state index in [1.54, 1.807) is 13.3 Å². The molecule has 2 N–H and O–H groups in total. The van der Waals surface area contributed by atoms with E-state index in [-0.39, 0.29) is 12.4 Å². The molecule has 4 rings (SSSR count). The van der Waals surface area contributed by atoms with Crippen LogP contribution in [0.5, 0.6) is 5.75 Å². The number of halogens is 1. The molecule has 0 amide bonds. The minimum Gasteiger partial charge on any atom is -0.497 e. The first-order valence-corrected chi connectivity index (χ1v) is 8.45. The van der Waals surface area contributed by atoms with Crippen molar-refractivity contribution in [3.05, 3.63) is 48.0 Å². The molecule has 7 nitrogen and oxygen atoms in total. The van der Waals surface area contributed by atoms with Gasteiger partial charge in [-0.05, 0) is 30.5 Å². The van der Waals surface area contributed by atoms with Crippen LogP contribution in [0.3, 0.4) is 0 Å². The van der Waals surface area contributed by atoms with Crippen molar-refractivity contribution in [2.75, 3.05) is 7.11 Å². The number of benzene rings is 1. The summed E-state index contributed by atoms with van der Waals surface area (Å²) in [5.74, 6) is 1.90. The average molecular weight is 376 g/mol. The Morgan fingerprint density at radius 1 is 1.23 bits per heavy atom. The maximum Gasteiger partial charge on any atom is 0.261 e. The number of hydrogen-bond donors (Lipinski definition) is 1. The summed E-state index contributed by atoms with van der Waals surface area (Å²) in [7, 11) is 1.66. The molecule has 1 aromatic carbocycles. The van der Waals surface area contributed by atoms with Gasteiger partial charge in [0.1, 0.15) is 5.75 Å². The minimum atomic E-state index is -0.444. The molecule has 3 aromatic rings. The van der Waals surface area contributed by atoms with Crippen molar-refractivity contribution in [2.24, 2.45) is 5.73 Å². The molecule has 2 aromatic heterocycles. The van der Waals surface area contributed by atoms with Gasteiger partial charge in [0.25, 0.3) is 5.89 Å². The molecule has 1 aliphatic carbocycles. The first kappa shape index (κ1) is 18.4. The van der Waals surface area contributed by atoms with Crippen LogP contribution in [0.2, 0.25) is 0 Å². The molecule has 1 aliphatic rings. The van der Waals surface area contributed by atoms with Crippen molar-refractivity contribution in [3.8, 4) is 17.2 Å². The van der Waals surface area contributed by atoms with Crippen LogP contribution in [0.4, 0.5) is 0 Å². The zero-order valence-electron chi connectivity index (χ0n) is 14.6. The van der Waals surface area contributed by atoms with E-state index >= 15 is 0 Å².